The molecule has 0 aliphatic carbocycles. The van der Waals surface area contributed by atoms with E-state index in [2.05, 4.69) is 10.6 Å². The molecule has 0 radical (unpaired) electrons. The van der Waals surface area contributed by atoms with Gasteiger partial charge in [0, 0.05) is 31.2 Å². The number of nitrogens with one attached hydrogen (secondary N) is 2. The summed E-state index contributed by atoms with van der Waals surface area (Å²) >= 11 is 0. The highest BCUT2D eigenvalue weighted by Gasteiger charge is 2.27. The maximum Gasteiger partial charge on any atom is 0.321 e. The van der Waals surface area contributed by atoms with E-state index in [-0.39, 0.29) is 31.0 Å². The molecule has 0 unspecified atom stereocenters. The van der Waals surface area contributed by atoms with E-state index in [9.17, 15) is 9.59 Å². The van der Waals surface area contributed by atoms with E-state index in [1.54, 1.807) is 4.90 Å². The fraction of sp³-hybridized carbons (Fsp3) is 0.500. The topological polar surface area (TPSA) is 81.7 Å². The normalized spacial score (nSPS) is 15.5. The third-order valence-electron chi connectivity index (χ3n) is 3.87. The Hall–Kier alpha value is -2.08. The molecule has 1 aliphatic rings. The zero-order valence-electron chi connectivity index (χ0n) is 12.8. The van der Waals surface area contributed by atoms with Crippen molar-refractivity contribution in [3.63, 3.8) is 0 Å². The lowest BCUT2D eigenvalue weighted by Gasteiger charge is -2.31. The van der Waals surface area contributed by atoms with E-state index in [0.717, 1.165) is 11.3 Å². The average Bonchev–Trinajstić information content (AvgIpc) is 2.55. The van der Waals surface area contributed by atoms with E-state index in [1.165, 1.54) is 0 Å². The largest absolute Gasteiger partial charge is 0.395 e. The van der Waals surface area contributed by atoms with Crippen molar-refractivity contribution in [2.75, 3.05) is 31.6 Å². The van der Waals surface area contributed by atoms with Crippen molar-refractivity contribution in [3.8, 4) is 0 Å². The molecule has 1 aromatic carbocycles. The van der Waals surface area contributed by atoms with Crippen molar-refractivity contribution in [1.82, 2.24) is 10.2 Å². The van der Waals surface area contributed by atoms with Crippen molar-refractivity contribution in [3.05, 3.63) is 29.8 Å². The second-order valence-electron chi connectivity index (χ2n) is 5.57. The first-order valence-electron chi connectivity index (χ1n) is 7.61. The Labute approximate surface area is 130 Å². The summed E-state index contributed by atoms with van der Waals surface area (Å²) in [5, 5.41) is 14.3. The van der Waals surface area contributed by atoms with Crippen LogP contribution >= 0.6 is 0 Å². The van der Waals surface area contributed by atoms with Gasteiger partial charge < -0.3 is 20.6 Å². The number of nitrogens with zero attached hydrogens (tertiary/aromatic N) is 1. The molecule has 3 amide bonds. The molecule has 2 rings (SSSR count). The number of urea groups is 1. The SMILES string of the molecule is Cc1ccc(NC(=O)N2CCC(C(=O)NCCO)CC2)cc1. The lowest BCUT2D eigenvalue weighted by molar-refractivity contribution is -0.126. The van der Waals surface area contributed by atoms with E-state index in [1.807, 2.05) is 31.2 Å². The van der Waals surface area contributed by atoms with Gasteiger partial charge in [0.2, 0.25) is 5.91 Å². The molecule has 6 nitrogen and oxygen atoms in total. The molecule has 0 spiro atoms. The van der Waals surface area contributed by atoms with Gasteiger partial charge in [-0.2, -0.15) is 0 Å². The highest BCUT2D eigenvalue weighted by atomic mass is 16.3. The number of piperidine rings is 1. The quantitative estimate of drug-likeness (QED) is 0.785. The van der Waals surface area contributed by atoms with Crippen LogP contribution in [0.4, 0.5) is 10.5 Å². The number of anilines is 1. The van der Waals surface area contributed by atoms with Crippen LogP contribution in [0.2, 0.25) is 0 Å². The number of hydrogen-bond acceptors (Lipinski definition) is 3. The van der Waals surface area contributed by atoms with Crippen LogP contribution in [0, 0.1) is 12.8 Å². The Balaban J connectivity index is 1.79. The van der Waals surface area contributed by atoms with Gasteiger partial charge in [-0.25, -0.2) is 4.79 Å². The van der Waals surface area contributed by atoms with Gasteiger partial charge in [0.25, 0.3) is 0 Å². The maximum absolute atomic E-state index is 12.2. The molecular formula is C16H23N3O3. The summed E-state index contributed by atoms with van der Waals surface area (Å²) in [6, 6.07) is 7.53. The molecule has 0 saturated carbocycles. The third-order valence-corrected chi connectivity index (χ3v) is 3.87. The Morgan fingerprint density at radius 3 is 2.45 bits per heavy atom. The van der Waals surface area contributed by atoms with Crippen LogP contribution < -0.4 is 10.6 Å². The smallest absolute Gasteiger partial charge is 0.321 e. The molecule has 1 aromatic rings. The van der Waals surface area contributed by atoms with Crippen LogP contribution in [0.5, 0.6) is 0 Å². The van der Waals surface area contributed by atoms with Crippen molar-refractivity contribution in [2.24, 2.45) is 5.92 Å². The Morgan fingerprint density at radius 1 is 1.23 bits per heavy atom. The highest BCUT2D eigenvalue weighted by Crippen LogP contribution is 2.18. The molecule has 0 bridgehead atoms. The predicted molar refractivity (Wildman–Crippen MR) is 84.6 cm³/mol. The number of aliphatic hydroxyl groups is 1. The zero-order chi connectivity index (χ0) is 15.9. The minimum absolute atomic E-state index is 0.0346. The Bertz CT molecular complexity index is 508. The molecule has 1 saturated heterocycles. The summed E-state index contributed by atoms with van der Waals surface area (Å²) in [6.45, 7) is 3.36. The summed E-state index contributed by atoms with van der Waals surface area (Å²) < 4.78 is 0. The van der Waals surface area contributed by atoms with Crippen molar-refractivity contribution in [2.45, 2.75) is 19.8 Å². The van der Waals surface area contributed by atoms with E-state index in [0.29, 0.717) is 25.9 Å². The van der Waals surface area contributed by atoms with Gasteiger partial charge in [0.15, 0.2) is 0 Å². The van der Waals surface area contributed by atoms with Crippen LogP contribution in [0.25, 0.3) is 0 Å². The number of likely N-dealkylation sites (tertiary alicyclic amines) is 1. The van der Waals surface area contributed by atoms with Gasteiger partial charge in [0.1, 0.15) is 0 Å². The summed E-state index contributed by atoms with van der Waals surface area (Å²) in [7, 11) is 0. The van der Waals surface area contributed by atoms with Gasteiger partial charge in [-0.05, 0) is 31.9 Å². The fourth-order valence-electron chi connectivity index (χ4n) is 2.51. The van der Waals surface area contributed by atoms with Gasteiger partial charge in [-0.1, -0.05) is 17.7 Å². The first-order valence-corrected chi connectivity index (χ1v) is 7.61. The first-order chi connectivity index (χ1) is 10.6. The third kappa shape index (κ3) is 4.46. The van der Waals surface area contributed by atoms with Crippen molar-refractivity contribution < 1.29 is 14.7 Å². The predicted octanol–water partition coefficient (Wildman–Crippen LogP) is 1.35. The lowest BCUT2D eigenvalue weighted by Crippen LogP contribution is -2.44. The second kappa shape index (κ2) is 7.79. The first kappa shape index (κ1) is 16.3. The second-order valence-corrected chi connectivity index (χ2v) is 5.57. The number of aliphatic hydroxyl groups excluding tert-OH is 1. The molecule has 22 heavy (non-hydrogen) atoms. The summed E-state index contributed by atoms with van der Waals surface area (Å²) in [5.41, 5.74) is 1.92. The van der Waals surface area contributed by atoms with Crippen LogP contribution in [0.1, 0.15) is 18.4 Å². The van der Waals surface area contributed by atoms with Gasteiger partial charge in [-0.3, -0.25) is 4.79 Å². The van der Waals surface area contributed by atoms with Crippen molar-refractivity contribution in [1.29, 1.82) is 0 Å². The highest BCUT2D eigenvalue weighted by molar-refractivity contribution is 5.89. The molecular weight excluding hydrogens is 282 g/mol. The number of hydrogen-bond donors (Lipinski definition) is 3. The summed E-state index contributed by atoms with van der Waals surface area (Å²) in [6.07, 6.45) is 1.30. The number of rotatable bonds is 4. The Morgan fingerprint density at radius 2 is 1.86 bits per heavy atom. The van der Waals surface area contributed by atoms with Crippen LogP contribution in [0.15, 0.2) is 24.3 Å². The van der Waals surface area contributed by atoms with Gasteiger partial charge >= 0.3 is 6.03 Å². The molecule has 1 heterocycles. The molecule has 1 fully saturated rings. The van der Waals surface area contributed by atoms with Crippen molar-refractivity contribution >= 4 is 17.6 Å². The number of amides is 3. The van der Waals surface area contributed by atoms with Crippen LogP contribution in [0.3, 0.4) is 0 Å². The zero-order valence-corrected chi connectivity index (χ0v) is 12.8. The average molecular weight is 305 g/mol. The van der Waals surface area contributed by atoms with E-state index in [4.69, 9.17) is 5.11 Å². The minimum Gasteiger partial charge on any atom is -0.395 e. The summed E-state index contributed by atoms with van der Waals surface area (Å²) in [4.78, 5) is 25.7. The molecule has 3 N–H and O–H groups in total. The monoisotopic (exact) mass is 305 g/mol. The van der Waals surface area contributed by atoms with Crippen LogP contribution in [-0.4, -0.2) is 48.2 Å². The maximum atomic E-state index is 12.2. The number of carbonyl (C=O) groups is 2. The van der Waals surface area contributed by atoms with Gasteiger partial charge in [0.05, 0.1) is 6.61 Å². The molecule has 0 aromatic heterocycles. The fourth-order valence-corrected chi connectivity index (χ4v) is 2.51. The molecule has 6 heteroatoms. The number of carbonyl (C=O) groups excluding carboxylic acids is 2. The lowest BCUT2D eigenvalue weighted by atomic mass is 9.96. The number of benzene rings is 1. The molecule has 1 aliphatic heterocycles. The number of aryl methyl sites for hydroxylation is 1. The standard InChI is InChI=1S/C16H23N3O3/c1-12-2-4-14(5-3-12)18-16(22)19-9-6-13(7-10-19)15(21)17-8-11-20/h2-5,13,20H,6-11H2,1H3,(H,17,21)(H,18,22). The van der Waals surface area contributed by atoms with E-state index >= 15 is 0 Å². The minimum atomic E-state index is -0.127. The molecule has 120 valence electrons. The Kier molecular flexibility index (Phi) is 5.77. The molecule has 0 atom stereocenters. The van der Waals surface area contributed by atoms with E-state index < -0.39 is 0 Å². The van der Waals surface area contributed by atoms with Gasteiger partial charge in [-0.15, -0.1) is 0 Å². The van der Waals surface area contributed by atoms with Crippen LogP contribution in [-0.2, 0) is 4.79 Å². The summed E-state index contributed by atoms with van der Waals surface area (Å²) in [5.74, 6) is -0.109.